The summed E-state index contributed by atoms with van der Waals surface area (Å²) in [7, 11) is -1.97. The Morgan fingerprint density at radius 3 is 2.36 bits per heavy atom. The highest BCUT2D eigenvalue weighted by atomic mass is 32.2. The number of piperidine rings is 1. The number of nitrogens with one attached hydrogen (secondary N) is 1. The molecule has 2 aromatic rings. The van der Waals surface area contributed by atoms with Gasteiger partial charge in [-0.2, -0.15) is 4.31 Å². The molecule has 1 aliphatic heterocycles. The molecule has 7 heteroatoms. The number of hydrogen-bond donors (Lipinski definition) is 1. The predicted molar refractivity (Wildman–Crippen MR) is 108 cm³/mol. The molecule has 6 nitrogen and oxygen atoms in total. The molecule has 1 fully saturated rings. The number of amides is 1. The molecule has 1 amide bonds. The van der Waals surface area contributed by atoms with Crippen molar-refractivity contribution in [2.75, 3.05) is 20.2 Å². The predicted octanol–water partition coefficient (Wildman–Crippen LogP) is 2.84. The van der Waals surface area contributed by atoms with E-state index in [1.165, 1.54) is 11.4 Å². The molecule has 28 heavy (non-hydrogen) atoms. The average molecular weight is 403 g/mol. The number of nitrogens with zero attached hydrogens (tertiary/aromatic N) is 1. The molecular weight excluding hydrogens is 376 g/mol. The Morgan fingerprint density at radius 2 is 1.75 bits per heavy atom. The lowest BCUT2D eigenvalue weighted by atomic mass is 10.1. The minimum absolute atomic E-state index is 0.0636. The van der Waals surface area contributed by atoms with Crippen molar-refractivity contribution in [1.29, 1.82) is 0 Å². The van der Waals surface area contributed by atoms with E-state index in [0.717, 1.165) is 12.0 Å². The third-order valence-electron chi connectivity index (χ3n) is 5.11. The van der Waals surface area contributed by atoms with Crippen LogP contribution in [0.4, 0.5) is 0 Å². The first-order chi connectivity index (χ1) is 13.5. The highest BCUT2D eigenvalue weighted by Gasteiger charge is 2.30. The van der Waals surface area contributed by atoms with Gasteiger partial charge in [-0.05, 0) is 49.1 Å². The molecule has 0 aromatic heterocycles. The molecule has 0 saturated carbocycles. The van der Waals surface area contributed by atoms with Crippen molar-refractivity contribution in [3.63, 3.8) is 0 Å². The normalized spacial score (nSPS) is 15.9. The van der Waals surface area contributed by atoms with E-state index in [0.29, 0.717) is 42.1 Å². The maximum atomic E-state index is 12.8. The smallest absolute Gasteiger partial charge is 0.255 e. The lowest BCUT2D eigenvalue weighted by Gasteiger charge is -2.31. The van der Waals surface area contributed by atoms with Crippen LogP contribution in [0.2, 0.25) is 0 Å². The number of para-hydroxylation sites is 1. The number of carbonyl (C=O) groups excluding carboxylic acids is 1. The minimum atomic E-state index is -3.50. The summed E-state index contributed by atoms with van der Waals surface area (Å²) < 4.78 is 32.4. The Hall–Kier alpha value is -2.38. The summed E-state index contributed by atoms with van der Waals surface area (Å²) >= 11 is 0. The van der Waals surface area contributed by atoms with Gasteiger partial charge in [-0.15, -0.1) is 0 Å². The van der Waals surface area contributed by atoms with Crippen LogP contribution in [0, 0.1) is 0 Å². The number of aryl methyl sites for hydroxylation is 1. The van der Waals surface area contributed by atoms with E-state index in [9.17, 15) is 13.2 Å². The van der Waals surface area contributed by atoms with Crippen molar-refractivity contribution < 1.29 is 17.9 Å². The Balaban J connectivity index is 1.61. The number of sulfonamides is 1. The SMILES string of the molecule is CCc1ccc(S(=O)(=O)N2CCC(NC(=O)c3ccccc3OC)CC2)cc1. The van der Waals surface area contributed by atoms with E-state index in [4.69, 9.17) is 4.74 Å². The van der Waals surface area contributed by atoms with Crippen LogP contribution >= 0.6 is 0 Å². The summed E-state index contributed by atoms with van der Waals surface area (Å²) in [5, 5.41) is 3.00. The van der Waals surface area contributed by atoms with Crippen molar-refractivity contribution in [3.8, 4) is 5.75 Å². The molecule has 0 unspecified atom stereocenters. The first kappa shape index (κ1) is 20.4. The summed E-state index contributed by atoms with van der Waals surface area (Å²) in [5.41, 5.74) is 1.59. The van der Waals surface area contributed by atoms with Crippen LogP contribution in [-0.4, -0.2) is 44.9 Å². The number of benzene rings is 2. The maximum absolute atomic E-state index is 12.8. The van der Waals surface area contributed by atoms with E-state index in [1.807, 2.05) is 25.1 Å². The second-order valence-electron chi connectivity index (χ2n) is 6.85. The zero-order valence-corrected chi connectivity index (χ0v) is 17.0. The molecule has 1 N–H and O–H groups in total. The van der Waals surface area contributed by atoms with Crippen LogP contribution in [0.15, 0.2) is 53.4 Å². The fraction of sp³-hybridized carbons (Fsp3) is 0.381. The monoisotopic (exact) mass is 402 g/mol. The van der Waals surface area contributed by atoms with Crippen molar-refractivity contribution in [1.82, 2.24) is 9.62 Å². The van der Waals surface area contributed by atoms with E-state index in [1.54, 1.807) is 30.3 Å². The number of hydrogen-bond acceptors (Lipinski definition) is 4. The van der Waals surface area contributed by atoms with Crippen LogP contribution < -0.4 is 10.1 Å². The summed E-state index contributed by atoms with van der Waals surface area (Å²) in [6, 6.07) is 14.0. The molecule has 0 spiro atoms. The Labute approximate surface area is 166 Å². The second-order valence-corrected chi connectivity index (χ2v) is 8.79. The zero-order valence-electron chi connectivity index (χ0n) is 16.2. The number of ether oxygens (including phenoxy) is 1. The van der Waals surface area contributed by atoms with Crippen LogP contribution in [-0.2, 0) is 16.4 Å². The molecule has 1 saturated heterocycles. The molecule has 3 rings (SSSR count). The van der Waals surface area contributed by atoms with Gasteiger partial charge in [-0.1, -0.05) is 31.2 Å². The standard InChI is InChI=1S/C21H26N2O4S/c1-3-16-8-10-18(11-9-16)28(25,26)23-14-12-17(13-15-23)22-21(24)19-6-4-5-7-20(19)27-2/h4-11,17H,3,12-15H2,1-2H3,(H,22,24). The van der Waals surface area contributed by atoms with Gasteiger partial charge < -0.3 is 10.1 Å². The van der Waals surface area contributed by atoms with E-state index < -0.39 is 10.0 Å². The summed E-state index contributed by atoms with van der Waals surface area (Å²) in [5.74, 6) is 0.324. The number of methoxy groups -OCH3 is 1. The number of rotatable bonds is 6. The minimum Gasteiger partial charge on any atom is -0.496 e. The van der Waals surface area contributed by atoms with Gasteiger partial charge in [-0.3, -0.25) is 4.79 Å². The van der Waals surface area contributed by atoms with Crippen LogP contribution in [0.1, 0.15) is 35.7 Å². The highest BCUT2D eigenvalue weighted by molar-refractivity contribution is 7.89. The van der Waals surface area contributed by atoms with Gasteiger partial charge in [0.15, 0.2) is 0 Å². The Kier molecular flexibility index (Phi) is 6.36. The highest BCUT2D eigenvalue weighted by Crippen LogP contribution is 2.22. The Morgan fingerprint density at radius 1 is 1.11 bits per heavy atom. The van der Waals surface area contributed by atoms with Gasteiger partial charge in [0.1, 0.15) is 5.75 Å². The van der Waals surface area contributed by atoms with Crippen LogP contribution in [0.25, 0.3) is 0 Å². The van der Waals surface area contributed by atoms with Gasteiger partial charge in [0.05, 0.1) is 17.6 Å². The third-order valence-corrected chi connectivity index (χ3v) is 7.02. The molecule has 150 valence electrons. The topological polar surface area (TPSA) is 75.7 Å². The molecule has 0 radical (unpaired) electrons. The van der Waals surface area contributed by atoms with Gasteiger partial charge in [-0.25, -0.2) is 8.42 Å². The van der Waals surface area contributed by atoms with Crippen molar-refractivity contribution >= 4 is 15.9 Å². The number of carbonyl (C=O) groups is 1. The zero-order chi connectivity index (χ0) is 20.1. The molecule has 1 heterocycles. The second kappa shape index (κ2) is 8.75. The van der Waals surface area contributed by atoms with Crippen molar-refractivity contribution in [2.45, 2.75) is 37.1 Å². The summed E-state index contributed by atoms with van der Waals surface area (Å²) in [6.45, 7) is 2.80. The Bertz CT molecular complexity index is 918. The first-order valence-electron chi connectivity index (χ1n) is 9.48. The first-order valence-corrected chi connectivity index (χ1v) is 10.9. The van der Waals surface area contributed by atoms with Gasteiger partial charge >= 0.3 is 0 Å². The molecule has 0 atom stereocenters. The quantitative estimate of drug-likeness (QED) is 0.806. The van der Waals surface area contributed by atoms with Gasteiger partial charge in [0.25, 0.3) is 5.91 Å². The van der Waals surface area contributed by atoms with Crippen molar-refractivity contribution in [2.24, 2.45) is 0 Å². The molecule has 1 aliphatic rings. The van der Waals surface area contributed by atoms with Gasteiger partial charge in [0.2, 0.25) is 10.0 Å². The lowest BCUT2D eigenvalue weighted by molar-refractivity contribution is 0.0921. The fourth-order valence-electron chi connectivity index (χ4n) is 3.38. The summed E-state index contributed by atoms with van der Waals surface area (Å²) in [6.07, 6.45) is 2.03. The van der Waals surface area contributed by atoms with Gasteiger partial charge in [0, 0.05) is 19.1 Å². The summed E-state index contributed by atoms with van der Waals surface area (Å²) in [4.78, 5) is 12.9. The molecule has 2 aromatic carbocycles. The van der Waals surface area contributed by atoms with E-state index >= 15 is 0 Å². The molecule has 0 aliphatic carbocycles. The van der Waals surface area contributed by atoms with Crippen molar-refractivity contribution in [3.05, 3.63) is 59.7 Å². The third kappa shape index (κ3) is 4.36. The maximum Gasteiger partial charge on any atom is 0.255 e. The van der Waals surface area contributed by atoms with Crippen LogP contribution in [0.5, 0.6) is 5.75 Å². The lowest BCUT2D eigenvalue weighted by Crippen LogP contribution is -2.46. The van der Waals surface area contributed by atoms with Crippen LogP contribution in [0.3, 0.4) is 0 Å². The fourth-order valence-corrected chi connectivity index (χ4v) is 4.85. The van der Waals surface area contributed by atoms with E-state index in [-0.39, 0.29) is 11.9 Å². The van der Waals surface area contributed by atoms with E-state index in [2.05, 4.69) is 5.32 Å². The largest absolute Gasteiger partial charge is 0.496 e. The molecular formula is C21H26N2O4S. The molecule has 0 bridgehead atoms. The average Bonchev–Trinajstić information content (AvgIpc) is 2.74.